The lowest BCUT2D eigenvalue weighted by atomic mass is 10.1. The predicted octanol–water partition coefficient (Wildman–Crippen LogP) is 5.65. The Kier molecular flexibility index (Phi) is 6.29. The monoisotopic (exact) mass is 501 g/mol. The van der Waals surface area contributed by atoms with Gasteiger partial charge in [-0.1, -0.05) is 23.2 Å². The van der Waals surface area contributed by atoms with E-state index in [0.29, 0.717) is 38.7 Å². The third kappa shape index (κ3) is 4.17. The van der Waals surface area contributed by atoms with Crippen molar-refractivity contribution in [2.45, 2.75) is 31.9 Å². The number of nitrogens with two attached hydrogens (primary N) is 1. The van der Waals surface area contributed by atoms with Crippen molar-refractivity contribution in [1.29, 1.82) is 0 Å². The molecule has 4 heterocycles. The van der Waals surface area contributed by atoms with E-state index < -0.39 is 6.10 Å². The number of rotatable bonds is 6. The molecule has 0 aliphatic carbocycles. The van der Waals surface area contributed by atoms with Crippen LogP contribution >= 0.6 is 23.2 Å². The molecule has 0 bridgehead atoms. The Balaban J connectivity index is 1.49. The highest BCUT2D eigenvalue weighted by Gasteiger charge is 2.24. The van der Waals surface area contributed by atoms with Crippen LogP contribution < -0.4 is 20.5 Å². The molecule has 3 aromatic heterocycles. The maximum Gasteiger partial charge on any atom is 0.205 e. The van der Waals surface area contributed by atoms with Crippen LogP contribution in [0, 0.1) is 0 Å². The maximum absolute atomic E-state index is 6.46. The number of halogens is 2. The molecule has 5 rings (SSSR count). The Bertz CT molecular complexity index is 1330. The first-order chi connectivity index (χ1) is 16.5. The molecular formula is C24H25Cl2N5O3. The van der Waals surface area contributed by atoms with Crippen LogP contribution in [0.2, 0.25) is 10.0 Å². The number of furan rings is 1. The summed E-state index contributed by atoms with van der Waals surface area (Å²) >= 11 is 12.6. The molecule has 1 fully saturated rings. The zero-order chi connectivity index (χ0) is 23.8. The van der Waals surface area contributed by atoms with Crippen LogP contribution in [0.4, 0.5) is 5.82 Å². The van der Waals surface area contributed by atoms with E-state index in [1.807, 2.05) is 17.8 Å². The third-order valence-corrected chi connectivity index (χ3v) is 6.70. The topological polar surface area (TPSA) is 100 Å². The average molecular weight is 502 g/mol. The summed E-state index contributed by atoms with van der Waals surface area (Å²) < 4.78 is 19.7. The molecule has 0 amide bonds. The van der Waals surface area contributed by atoms with Gasteiger partial charge in [-0.2, -0.15) is 5.10 Å². The molecule has 1 aliphatic rings. The Hall–Kier alpha value is -2.94. The Morgan fingerprint density at radius 2 is 2.03 bits per heavy atom. The summed E-state index contributed by atoms with van der Waals surface area (Å²) in [6, 6.07) is 3.73. The fourth-order valence-corrected chi connectivity index (χ4v) is 5.05. The van der Waals surface area contributed by atoms with E-state index in [-0.39, 0.29) is 5.82 Å². The van der Waals surface area contributed by atoms with Gasteiger partial charge in [-0.25, -0.2) is 4.98 Å². The van der Waals surface area contributed by atoms with Gasteiger partial charge in [0.1, 0.15) is 18.1 Å². The highest BCUT2D eigenvalue weighted by Crippen LogP contribution is 2.42. The summed E-state index contributed by atoms with van der Waals surface area (Å²) in [5.41, 5.74) is 9.18. The normalized spacial score (nSPS) is 15.5. The summed E-state index contributed by atoms with van der Waals surface area (Å²) in [5.74, 6) is 1.08. The minimum Gasteiger partial charge on any atom is -0.496 e. The number of pyridine rings is 1. The molecule has 0 spiro atoms. The van der Waals surface area contributed by atoms with Crippen LogP contribution in [0.25, 0.3) is 22.1 Å². The molecule has 10 heteroatoms. The summed E-state index contributed by atoms with van der Waals surface area (Å²) in [6.45, 7) is 3.85. The number of nitrogens with one attached hydrogen (secondary N) is 1. The van der Waals surface area contributed by atoms with Gasteiger partial charge in [0.2, 0.25) is 5.75 Å². The summed E-state index contributed by atoms with van der Waals surface area (Å²) in [5, 5.41) is 9.67. The van der Waals surface area contributed by atoms with Gasteiger partial charge < -0.3 is 24.9 Å². The van der Waals surface area contributed by atoms with E-state index in [2.05, 4.69) is 21.6 Å². The van der Waals surface area contributed by atoms with Crippen molar-refractivity contribution in [3.63, 3.8) is 0 Å². The van der Waals surface area contributed by atoms with Gasteiger partial charge >= 0.3 is 0 Å². The highest BCUT2D eigenvalue weighted by atomic mass is 35.5. The smallest absolute Gasteiger partial charge is 0.205 e. The lowest BCUT2D eigenvalue weighted by molar-refractivity contribution is 0.222. The predicted molar refractivity (Wildman–Crippen MR) is 133 cm³/mol. The van der Waals surface area contributed by atoms with Crippen molar-refractivity contribution < 1.29 is 13.9 Å². The molecule has 0 saturated carbocycles. The van der Waals surface area contributed by atoms with Crippen molar-refractivity contribution in [1.82, 2.24) is 20.1 Å². The molecule has 1 aliphatic heterocycles. The first kappa shape index (κ1) is 22.8. The Morgan fingerprint density at radius 3 is 2.79 bits per heavy atom. The molecule has 1 saturated heterocycles. The summed E-state index contributed by atoms with van der Waals surface area (Å²) in [6.07, 6.45) is 8.88. The van der Waals surface area contributed by atoms with E-state index in [4.69, 9.17) is 42.8 Å². The fraction of sp³-hybridized carbons (Fsp3) is 0.333. The van der Waals surface area contributed by atoms with Gasteiger partial charge in [0.05, 0.1) is 35.3 Å². The Morgan fingerprint density at radius 1 is 1.24 bits per heavy atom. The number of fused-ring (bicyclic) bond motifs is 1. The molecule has 178 valence electrons. The zero-order valence-electron chi connectivity index (χ0n) is 18.8. The molecule has 4 aromatic rings. The molecule has 1 aromatic carbocycles. The van der Waals surface area contributed by atoms with Crippen LogP contribution in [0.5, 0.6) is 11.5 Å². The Labute approximate surface area is 206 Å². The molecule has 34 heavy (non-hydrogen) atoms. The second-order valence-corrected chi connectivity index (χ2v) is 9.16. The maximum atomic E-state index is 6.46. The number of anilines is 1. The van der Waals surface area contributed by atoms with E-state index in [1.165, 1.54) is 0 Å². The average Bonchev–Trinajstić information content (AvgIpc) is 3.48. The zero-order valence-corrected chi connectivity index (χ0v) is 20.4. The van der Waals surface area contributed by atoms with Crippen LogP contribution in [-0.2, 0) is 0 Å². The standard InChI is InChI=1S/C24H25Cl2N5O3/c1-13(21-19(26)7-15(25)8-20(21)32-2)34-23-22-17(10-29-24(23)27)18(12-33-22)14-9-30-31(11-14)16-3-5-28-6-4-16/h7-13,16,28H,3-6H2,1-2H3,(H2,27,29). The van der Waals surface area contributed by atoms with Gasteiger partial charge in [-0.3, -0.25) is 4.68 Å². The van der Waals surface area contributed by atoms with Crippen LogP contribution in [0.15, 0.2) is 41.4 Å². The minimum atomic E-state index is -0.509. The van der Waals surface area contributed by atoms with Crippen LogP contribution in [0.3, 0.4) is 0 Å². The van der Waals surface area contributed by atoms with Gasteiger partial charge in [0.15, 0.2) is 11.4 Å². The van der Waals surface area contributed by atoms with Crippen LogP contribution in [-0.4, -0.2) is 35.0 Å². The number of hydrogen-bond donors (Lipinski definition) is 2. The molecule has 1 atom stereocenters. The molecule has 1 unspecified atom stereocenters. The van der Waals surface area contributed by atoms with Crippen molar-refractivity contribution in [2.75, 3.05) is 25.9 Å². The molecule has 8 nitrogen and oxygen atoms in total. The largest absolute Gasteiger partial charge is 0.496 e. The second-order valence-electron chi connectivity index (χ2n) is 8.32. The van der Waals surface area contributed by atoms with Gasteiger partial charge in [0, 0.05) is 28.5 Å². The first-order valence-corrected chi connectivity index (χ1v) is 11.8. The van der Waals surface area contributed by atoms with Crippen molar-refractivity contribution in [3.8, 4) is 22.6 Å². The summed E-state index contributed by atoms with van der Waals surface area (Å²) in [7, 11) is 1.55. The quantitative estimate of drug-likeness (QED) is 0.351. The van der Waals surface area contributed by atoms with Gasteiger partial charge in [-0.15, -0.1) is 0 Å². The number of ether oxygens (including phenoxy) is 2. The molecule has 3 N–H and O–H groups in total. The van der Waals surface area contributed by atoms with E-state index in [0.717, 1.165) is 42.4 Å². The lowest BCUT2D eigenvalue weighted by Crippen LogP contribution is -2.29. The SMILES string of the molecule is COc1cc(Cl)cc(Cl)c1C(C)Oc1c(N)ncc2c(-c3cnn(C4CCNCC4)c3)coc12. The van der Waals surface area contributed by atoms with E-state index >= 15 is 0 Å². The van der Waals surface area contributed by atoms with Crippen molar-refractivity contribution in [3.05, 3.63) is 52.6 Å². The number of nitrogen functional groups attached to an aromatic ring is 1. The second kappa shape index (κ2) is 9.37. The van der Waals surface area contributed by atoms with Crippen molar-refractivity contribution in [2.24, 2.45) is 0 Å². The number of hydrogen-bond acceptors (Lipinski definition) is 7. The number of piperidine rings is 1. The van der Waals surface area contributed by atoms with Gasteiger partial charge in [0.25, 0.3) is 0 Å². The first-order valence-electron chi connectivity index (χ1n) is 11.1. The third-order valence-electron chi connectivity index (χ3n) is 6.17. The fourth-order valence-electron chi connectivity index (χ4n) is 4.43. The number of aromatic nitrogens is 3. The highest BCUT2D eigenvalue weighted by molar-refractivity contribution is 6.35. The molecular weight excluding hydrogens is 477 g/mol. The number of nitrogens with zero attached hydrogens (tertiary/aromatic N) is 3. The lowest BCUT2D eigenvalue weighted by Gasteiger charge is -2.22. The van der Waals surface area contributed by atoms with Crippen LogP contribution in [0.1, 0.15) is 37.5 Å². The van der Waals surface area contributed by atoms with E-state index in [1.54, 1.807) is 31.7 Å². The minimum absolute atomic E-state index is 0.217. The molecule has 0 radical (unpaired) electrons. The summed E-state index contributed by atoms with van der Waals surface area (Å²) in [4.78, 5) is 4.36. The number of benzene rings is 1. The van der Waals surface area contributed by atoms with E-state index in [9.17, 15) is 0 Å². The number of methoxy groups -OCH3 is 1. The van der Waals surface area contributed by atoms with Crippen molar-refractivity contribution >= 4 is 40.0 Å². The van der Waals surface area contributed by atoms with Gasteiger partial charge in [-0.05, 0) is 45.0 Å².